The van der Waals surface area contributed by atoms with E-state index in [1.54, 1.807) is 23.2 Å². The normalized spacial score (nSPS) is 19.1. The molecule has 102 valence electrons. The predicted octanol–water partition coefficient (Wildman–Crippen LogP) is 1.42. The van der Waals surface area contributed by atoms with E-state index in [-0.39, 0.29) is 17.8 Å². The number of hydrogen-bond acceptors (Lipinski definition) is 4. The van der Waals surface area contributed by atoms with Crippen molar-refractivity contribution in [3.8, 4) is 0 Å². The molecule has 19 heavy (non-hydrogen) atoms. The van der Waals surface area contributed by atoms with Crippen molar-refractivity contribution < 1.29 is 14.3 Å². The zero-order valence-corrected chi connectivity index (χ0v) is 11.3. The summed E-state index contributed by atoms with van der Waals surface area (Å²) in [7, 11) is 1.38. The Labute approximate surface area is 112 Å². The van der Waals surface area contributed by atoms with Gasteiger partial charge >= 0.3 is 5.97 Å². The van der Waals surface area contributed by atoms with E-state index in [0.717, 1.165) is 18.5 Å². The molecule has 1 unspecified atom stereocenters. The third-order valence-electron chi connectivity index (χ3n) is 3.39. The molecular formula is C14H18N2O3. The third kappa shape index (κ3) is 3.10. The summed E-state index contributed by atoms with van der Waals surface area (Å²) >= 11 is 0. The first-order valence-corrected chi connectivity index (χ1v) is 6.41. The molecule has 0 aromatic carbocycles. The standard InChI is InChI=1S/C14H18N2O3/c1-10-8-11(5-6-15-10)13(17)16-7-3-4-12(9-16)14(18)19-2/h5-6,8,12H,3-4,7,9H2,1-2H3. The molecule has 0 aliphatic carbocycles. The van der Waals surface area contributed by atoms with Crippen molar-refractivity contribution in [1.29, 1.82) is 0 Å². The SMILES string of the molecule is COC(=O)C1CCCN(C(=O)c2ccnc(C)c2)C1. The van der Waals surface area contributed by atoms with Crippen LogP contribution in [0.25, 0.3) is 0 Å². The molecule has 1 saturated heterocycles. The van der Waals surface area contributed by atoms with Crippen LogP contribution in [0.3, 0.4) is 0 Å². The van der Waals surface area contributed by atoms with Crippen LogP contribution in [0.4, 0.5) is 0 Å². The van der Waals surface area contributed by atoms with Crippen LogP contribution in [-0.4, -0.2) is 42.0 Å². The molecule has 1 atom stereocenters. The second kappa shape index (κ2) is 5.82. The fraction of sp³-hybridized carbons (Fsp3) is 0.500. The predicted molar refractivity (Wildman–Crippen MR) is 69.6 cm³/mol. The van der Waals surface area contributed by atoms with Crippen LogP contribution in [0.1, 0.15) is 28.9 Å². The van der Waals surface area contributed by atoms with Crippen LogP contribution in [0.5, 0.6) is 0 Å². The van der Waals surface area contributed by atoms with E-state index in [0.29, 0.717) is 18.7 Å². The molecule has 5 nitrogen and oxygen atoms in total. The van der Waals surface area contributed by atoms with Gasteiger partial charge in [-0.2, -0.15) is 0 Å². The Morgan fingerprint density at radius 3 is 2.95 bits per heavy atom. The van der Waals surface area contributed by atoms with Gasteiger partial charge in [-0.25, -0.2) is 0 Å². The van der Waals surface area contributed by atoms with Crippen LogP contribution in [0.2, 0.25) is 0 Å². The van der Waals surface area contributed by atoms with Crippen molar-refractivity contribution in [2.75, 3.05) is 20.2 Å². The van der Waals surface area contributed by atoms with Crippen molar-refractivity contribution in [2.24, 2.45) is 5.92 Å². The molecule has 0 spiro atoms. The lowest BCUT2D eigenvalue weighted by Gasteiger charge is -2.31. The number of esters is 1. The summed E-state index contributed by atoms with van der Waals surface area (Å²) in [5, 5.41) is 0. The summed E-state index contributed by atoms with van der Waals surface area (Å²) in [6, 6.07) is 3.47. The smallest absolute Gasteiger partial charge is 0.310 e. The molecule has 0 N–H and O–H groups in total. The maximum Gasteiger partial charge on any atom is 0.310 e. The molecule has 1 aromatic rings. The van der Waals surface area contributed by atoms with Crippen molar-refractivity contribution in [3.05, 3.63) is 29.6 Å². The van der Waals surface area contributed by atoms with Crippen molar-refractivity contribution >= 4 is 11.9 Å². The van der Waals surface area contributed by atoms with Gasteiger partial charge in [-0.05, 0) is 31.9 Å². The molecule has 1 aromatic heterocycles. The van der Waals surface area contributed by atoms with E-state index >= 15 is 0 Å². The number of pyridine rings is 1. The van der Waals surface area contributed by atoms with Gasteiger partial charge in [-0.3, -0.25) is 14.6 Å². The number of aromatic nitrogens is 1. The Morgan fingerprint density at radius 1 is 1.47 bits per heavy atom. The molecule has 1 aliphatic heterocycles. The van der Waals surface area contributed by atoms with E-state index < -0.39 is 0 Å². The summed E-state index contributed by atoms with van der Waals surface area (Å²) in [6.45, 7) is 2.98. The minimum Gasteiger partial charge on any atom is -0.469 e. The highest BCUT2D eigenvalue weighted by Gasteiger charge is 2.29. The van der Waals surface area contributed by atoms with E-state index in [2.05, 4.69) is 4.98 Å². The molecular weight excluding hydrogens is 244 g/mol. The zero-order valence-electron chi connectivity index (χ0n) is 11.3. The summed E-state index contributed by atoms with van der Waals surface area (Å²) in [4.78, 5) is 29.7. The average Bonchev–Trinajstić information content (AvgIpc) is 2.45. The van der Waals surface area contributed by atoms with Gasteiger partial charge in [-0.15, -0.1) is 0 Å². The number of methoxy groups -OCH3 is 1. The van der Waals surface area contributed by atoms with Crippen LogP contribution >= 0.6 is 0 Å². The van der Waals surface area contributed by atoms with Gasteiger partial charge in [-0.1, -0.05) is 0 Å². The zero-order chi connectivity index (χ0) is 13.8. The first-order chi connectivity index (χ1) is 9.11. The van der Waals surface area contributed by atoms with Crippen molar-refractivity contribution in [3.63, 3.8) is 0 Å². The number of nitrogens with zero attached hydrogens (tertiary/aromatic N) is 2. The van der Waals surface area contributed by atoms with Gasteiger partial charge in [0.25, 0.3) is 5.91 Å². The van der Waals surface area contributed by atoms with Gasteiger partial charge in [0, 0.05) is 30.5 Å². The molecule has 0 saturated carbocycles. The van der Waals surface area contributed by atoms with Gasteiger partial charge in [0.05, 0.1) is 13.0 Å². The second-order valence-electron chi connectivity index (χ2n) is 4.80. The number of piperidine rings is 1. The summed E-state index contributed by atoms with van der Waals surface area (Å²) in [6.07, 6.45) is 3.24. The fourth-order valence-electron chi connectivity index (χ4n) is 2.38. The third-order valence-corrected chi connectivity index (χ3v) is 3.39. The Balaban J connectivity index is 2.09. The van der Waals surface area contributed by atoms with E-state index in [9.17, 15) is 9.59 Å². The summed E-state index contributed by atoms with van der Waals surface area (Å²) in [5.74, 6) is -0.479. The van der Waals surface area contributed by atoms with Crippen LogP contribution in [-0.2, 0) is 9.53 Å². The number of rotatable bonds is 2. The highest BCUT2D eigenvalue weighted by atomic mass is 16.5. The Hall–Kier alpha value is -1.91. The largest absolute Gasteiger partial charge is 0.469 e. The highest BCUT2D eigenvalue weighted by molar-refractivity contribution is 5.94. The number of amides is 1. The monoisotopic (exact) mass is 262 g/mol. The minimum absolute atomic E-state index is 0.0425. The van der Waals surface area contributed by atoms with Crippen LogP contribution in [0.15, 0.2) is 18.3 Å². The number of likely N-dealkylation sites (tertiary alicyclic amines) is 1. The maximum atomic E-state index is 12.4. The molecule has 0 bridgehead atoms. The molecule has 2 rings (SSSR count). The average molecular weight is 262 g/mol. The number of ether oxygens (including phenoxy) is 1. The molecule has 1 amide bonds. The molecule has 0 radical (unpaired) electrons. The fourth-order valence-corrected chi connectivity index (χ4v) is 2.38. The lowest BCUT2D eigenvalue weighted by atomic mass is 9.97. The van der Waals surface area contributed by atoms with E-state index in [1.165, 1.54) is 7.11 Å². The van der Waals surface area contributed by atoms with E-state index in [1.807, 2.05) is 6.92 Å². The number of carbonyl (C=O) groups excluding carboxylic acids is 2. The van der Waals surface area contributed by atoms with Crippen molar-refractivity contribution in [2.45, 2.75) is 19.8 Å². The quantitative estimate of drug-likeness (QED) is 0.756. The van der Waals surface area contributed by atoms with Crippen molar-refractivity contribution in [1.82, 2.24) is 9.88 Å². The molecule has 1 fully saturated rings. The second-order valence-corrected chi connectivity index (χ2v) is 4.80. The molecule has 5 heteroatoms. The van der Waals surface area contributed by atoms with Gasteiger partial charge in [0.1, 0.15) is 0 Å². The van der Waals surface area contributed by atoms with E-state index in [4.69, 9.17) is 4.74 Å². The van der Waals surface area contributed by atoms with Crippen LogP contribution in [0, 0.1) is 12.8 Å². The summed E-state index contributed by atoms with van der Waals surface area (Å²) < 4.78 is 4.76. The highest BCUT2D eigenvalue weighted by Crippen LogP contribution is 2.19. The number of aryl methyl sites for hydroxylation is 1. The number of carbonyl (C=O) groups is 2. The van der Waals surface area contributed by atoms with Crippen LogP contribution < -0.4 is 0 Å². The first kappa shape index (κ1) is 13.5. The van der Waals surface area contributed by atoms with Gasteiger partial charge < -0.3 is 9.64 Å². The Bertz CT molecular complexity index is 487. The Kier molecular flexibility index (Phi) is 4.14. The molecule has 1 aliphatic rings. The lowest BCUT2D eigenvalue weighted by Crippen LogP contribution is -2.42. The first-order valence-electron chi connectivity index (χ1n) is 6.41. The number of hydrogen-bond donors (Lipinski definition) is 0. The minimum atomic E-state index is -0.233. The topological polar surface area (TPSA) is 59.5 Å². The summed E-state index contributed by atoms with van der Waals surface area (Å²) in [5.41, 5.74) is 1.44. The van der Waals surface area contributed by atoms with Gasteiger partial charge in [0.15, 0.2) is 0 Å². The molecule has 2 heterocycles. The maximum absolute atomic E-state index is 12.4. The van der Waals surface area contributed by atoms with Gasteiger partial charge in [0.2, 0.25) is 0 Å². The lowest BCUT2D eigenvalue weighted by molar-refractivity contribution is -0.146. The Morgan fingerprint density at radius 2 is 2.26 bits per heavy atom.